The highest BCUT2D eigenvalue weighted by Crippen LogP contribution is 2.35. The normalized spacial score (nSPS) is 15.8. The third-order valence-electron chi connectivity index (χ3n) is 5.02. The number of aryl methyl sites for hydroxylation is 2. The molecule has 1 N–H and O–H groups in total. The molecule has 2 aromatic rings. The fraction of sp³-hybridized carbons (Fsp3) is 0.400. The molecule has 1 amide bonds. The van der Waals surface area contributed by atoms with Crippen molar-refractivity contribution in [2.45, 2.75) is 39.7 Å². The van der Waals surface area contributed by atoms with Gasteiger partial charge in [0.05, 0.1) is 18.2 Å². The monoisotopic (exact) mass is 340 g/mol. The second kappa shape index (κ2) is 6.75. The van der Waals surface area contributed by atoms with Crippen LogP contribution >= 0.6 is 0 Å². The van der Waals surface area contributed by atoms with Crippen molar-refractivity contribution in [3.8, 4) is 0 Å². The summed E-state index contributed by atoms with van der Waals surface area (Å²) < 4.78 is 5.11. The third-order valence-corrected chi connectivity index (χ3v) is 5.02. The predicted octanol–water partition coefficient (Wildman–Crippen LogP) is 3.57. The highest BCUT2D eigenvalue weighted by Gasteiger charge is 2.31. The van der Waals surface area contributed by atoms with E-state index in [1.807, 2.05) is 19.2 Å². The molecule has 0 saturated carbocycles. The number of rotatable bonds is 4. The van der Waals surface area contributed by atoms with E-state index in [4.69, 9.17) is 4.74 Å². The first-order chi connectivity index (χ1) is 12.0. The maximum Gasteiger partial charge on any atom is 0.340 e. The van der Waals surface area contributed by atoms with E-state index in [2.05, 4.69) is 17.1 Å². The zero-order valence-electron chi connectivity index (χ0n) is 15.2. The van der Waals surface area contributed by atoms with E-state index in [0.717, 1.165) is 12.8 Å². The molecule has 0 saturated heterocycles. The average molecular weight is 340 g/mol. The number of aromatic amines is 1. The molecule has 1 heterocycles. The van der Waals surface area contributed by atoms with Gasteiger partial charge in [-0.1, -0.05) is 24.3 Å². The summed E-state index contributed by atoms with van der Waals surface area (Å²) in [5, 5.41) is 0. The van der Waals surface area contributed by atoms with Crippen molar-refractivity contribution in [1.29, 1.82) is 0 Å². The van der Waals surface area contributed by atoms with Crippen LogP contribution in [-0.2, 0) is 11.2 Å². The molecule has 132 valence electrons. The van der Waals surface area contributed by atoms with Crippen LogP contribution < -0.4 is 0 Å². The Morgan fingerprint density at radius 2 is 2.00 bits per heavy atom. The number of amides is 1. The van der Waals surface area contributed by atoms with Crippen LogP contribution in [0, 0.1) is 13.8 Å². The molecule has 0 radical (unpaired) electrons. The van der Waals surface area contributed by atoms with Gasteiger partial charge in [0.2, 0.25) is 0 Å². The SMILES string of the molecule is CCOC(=O)c1c(C)[nH]c(C(=O)N(C)C2CCc3ccccc32)c1C. The summed E-state index contributed by atoms with van der Waals surface area (Å²) in [7, 11) is 1.83. The zero-order chi connectivity index (χ0) is 18.1. The van der Waals surface area contributed by atoms with E-state index in [9.17, 15) is 9.59 Å². The zero-order valence-corrected chi connectivity index (χ0v) is 15.2. The standard InChI is InChI=1S/C20H24N2O3/c1-5-25-20(24)17-12(2)18(21-13(17)3)19(23)22(4)16-11-10-14-8-6-7-9-15(14)16/h6-9,16,21H,5,10-11H2,1-4H3. The van der Waals surface area contributed by atoms with E-state index in [0.29, 0.717) is 29.1 Å². The van der Waals surface area contributed by atoms with Gasteiger partial charge in [-0.2, -0.15) is 0 Å². The average Bonchev–Trinajstić information content (AvgIpc) is 3.14. The molecule has 25 heavy (non-hydrogen) atoms. The molecule has 0 spiro atoms. The first kappa shape index (κ1) is 17.3. The summed E-state index contributed by atoms with van der Waals surface area (Å²) >= 11 is 0. The fourth-order valence-corrected chi connectivity index (χ4v) is 3.73. The summed E-state index contributed by atoms with van der Waals surface area (Å²) in [5.74, 6) is -0.487. The maximum absolute atomic E-state index is 13.1. The Morgan fingerprint density at radius 1 is 1.28 bits per heavy atom. The highest BCUT2D eigenvalue weighted by atomic mass is 16.5. The van der Waals surface area contributed by atoms with E-state index in [1.54, 1.807) is 25.7 Å². The van der Waals surface area contributed by atoms with Gasteiger partial charge in [0.15, 0.2) is 0 Å². The van der Waals surface area contributed by atoms with Crippen molar-refractivity contribution in [2.75, 3.05) is 13.7 Å². The van der Waals surface area contributed by atoms with Gasteiger partial charge in [-0.25, -0.2) is 4.79 Å². The van der Waals surface area contributed by atoms with Crippen molar-refractivity contribution in [3.63, 3.8) is 0 Å². The molecular formula is C20H24N2O3. The van der Waals surface area contributed by atoms with Crippen LogP contribution in [-0.4, -0.2) is 35.4 Å². The number of ether oxygens (including phenoxy) is 1. The molecule has 0 aliphatic heterocycles. The van der Waals surface area contributed by atoms with E-state index >= 15 is 0 Å². The topological polar surface area (TPSA) is 62.4 Å². The van der Waals surface area contributed by atoms with Crippen molar-refractivity contribution in [2.24, 2.45) is 0 Å². The molecular weight excluding hydrogens is 316 g/mol. The Labute approximate surface area is 148 Å². The predicted molar refractivity (Wildman–Crippen MR) is 95.8 cm³/mol. The van der Waals surface area contributed by atoms with Gasteiger partial charge in [0, 0.05) is 12.7 Å². The Balaban J connectivity index is 1.89. The van der Waals surface area contributed by atoms with Crippen molar-refractivity contribution >= 4 is 11.9 Å². The van der Waals surface area contributed by atoms with Crippen LogP contribution in [0.3, 0.4) is 0 Å². The van der Waals surface area contributed by atoms with Crippen LogP contribution in [0.2, 0.25) is 0 Å². The molecule has 1 unspecified atom stereocenters. The Morgan fingerprint density at radius 3 is 2.72 bits per heavy atom. The second-order valence-corrected chi connectivity index (χ2v) is 6.51. The first-order valence-electron chi connectivity index (χ1n) is 8.67. The van der Waals surface area contributed by atoms with Gasteiger partial charge < -0.3 is 14.6 Å². The van der Waals surface area contributed by atoms with Gasteiger partial charge in [0.1, 0.15) is 5.69 Å². The molecule has 1 aromatic heterocycles. The van der Waals surface area contributed by atoms with Gasteiger partial charge in [-0.15, -0.1) is 0 Å². The molecule has 0 fully saturated rings. The lowest BCUT2D eigenvalue weighted by molar-refractivity contribution is 0.0525. The van der Waals surface area contributed by atoms with Gasteiger partial charge in [-0.05, 0) is 50.3 Å². The Bertz CT molecular complexity index is 822. The summed E-state index contributed by atoms with van der Waals surface area (Å²) in [5.41, 5.74) is 4.76. The molecule has 1 aliphatic rings. The van der Waals surface area contributed by atoms with Crippen LogP contribution in [0.1, 0.15) is 62.6 Å². The summed E-state index contributed by atoms with van der Waals surface area (Å²) in [6.07, 6.45) is 1.90. The van der Waals surface area contributed by atoms with E-state index in [-0.39, 0.29) is 17.9 Å². The molecule has 1 atom stereocenters. The van der Waals surface area contributed by atoms with Crippen LogP contribution in [0.5, 0.6) is 0 Å². The Kier molecular flexibility index (Phi) is 4.66. The molecule has 1 aliphatic carbocycles. The number of carbonyl (C=O) groups excluding carboxylic acids is 2. The number of carbonyl (C=O) groups is 2. The first-order valence-corrected chi connectivity index (χ1v) is 8.67. The van der Waals surface area contributed by atoms with Crippen molar-refractivity contribution in [3.05, 3.63) is 57.9 Å². The summed E-state index contributed by atoms with van der Waals surface area (Å²) in [6.45, 7) is 5.66. The minimum atomic E-state index is -0.387. The lowest BCUT2D eigenvalue weighted by Gasteiger charge is -2.25. The summed E-state index contributed by atoms with van der Waals surface area (Å²) in [6, 6.07) is 8.33. The van der Waals surface area contributed by atoms with Crippen LogP contribution in [0.15, 0.2) is 24.3 Å². The number of hydrogen-bond donors (Lipinski definition) is 1. The van der Waals surface area contributed by atoms with Crippen LogP contribution in [0.4, 0.5) is 0 Å². The number of benzene rings is 1. The molecule has 3 rings (SSSR count). The molecule has 1 aromatic carbocycles. The highest BCUT2D eigenvalue weighted by molar-refractivity contribution is 6.00. The van der Waals surface area contributed by atoms with Gasteiger partial charge in [0.25, 0.3) is 5.91 Å². The fourth-order valence-electron chi connectivity index (χ4n) is 3.73. The lowest BCUT2D eigenvalue weighted by atomic mass is 10.1. The van der Waals surface area contributed by atoms with E-state index in [1.165, 1.54) is 11.1 Å². The number of aromatic nitrogens is 1. The lowest BCUT2D eigenvalue weighted by Crippen LogP contribution is -2.31. The maximum atomic E-state index is 13.1. The number of nitrogens with zero attached hydrogens (tertiary/aromatic N) is 1. The van der Waals surface area contributed by atoms with Gasteiger partial charge >= 0.3 is 5.97 Å². The third kappa shape index (κ3) is 2.95. The summed E-state index contributed by atoms with van der Waals surface area (Å²) in [4.78, 5) is 30.1. The smallest absolute Gasteiger partial charge is 0.340 e. The minimum absolute atomic E-state index is 0.0674. The van der Waals surface area contributed by atoms with Gasteiger partial charge in [-0.3, -0.25) is 4.79 Å². The largest absolute Gasteiger partial charge is 0.462 e. The van der Waals surface area contributed by atoms with Crippen molar-refractivity contribution < 1.29 is 14.3 Å². The Hall–Kier alpha value is -2.56. The second-order valence-electron chi connectivity index (χ2n) is 6.51. The minimum Gasteiger partial charge on any atom is -0.462 e. The molecule has 5 heteroatoms. The quantitative estimate of drug-likeness (QED) is 0.866. The number of nitrogens with one attached hydrogen (secondary N) is 1. The number of H-pyrrole nitrogens is 1. The number of fused-ring (bicyclic) bond motifs is 1. The molecule has 0 bridgehead atoms. The number of hydrogen-bond acceptors (Lipinski definition) is 3. The van der Waals surface area contributed by atoms with Crippen molar-refractivity contribution in [1.82, 2.24) is 9.88 Å². The van der Waals surface area contributed by atoms with Crippen LogP contribution in [0.25, 0.3) is 0 Å². The number of esters is 1. The van der Waals surface area contributed by atoms with E-state index < -0.39 is 0 Å². The molecule has 5 nitrogen and oxygen atoms in total.